The average Bonchev–Trinajstić information content (AvgIpc) is 2.61. The third-order valence-electron chi connectivity index (χ3n) is 4.20. The molecular formula is C14H25F3N2O4S. The molecule has 2 saturated heterocycles. The summed E-state index contributed by atoms with van der Waals surface area (Å²) in [7, 11) is -3.01. The van der Waals surface area contributed by atoms with Crippen LogP contribution in [0.5, 0.6) is 0 Å². The standard InChI is InChI=1S/C12H24N2O2S.C2HF3O2/c1-10(2)5-8-14-9-11-3-6-13-7-4-12(11)17(14,15)16;3-2(4,5)1(6)7/h10-13H,3-9H2,1-2H3;(H,6,7)/t11-,12-;/m1./s1. The summed E-state index contributed by atoms with van der Waals surface area (Å²) in [4.78, 5) is 8.90. The second-order valence-electron chi connectivity index (χ2n) is 6.51. The molecule has 2 aliphatic rings. The Hall–Kier alpha value is -0.870. The molecule has 0 spiro atoms. The van der Waals surface area contributed by atoms with Crippen molar-refractivity contribution in [3.8, 4) is 0 Å². The minimum absolute atomic E-state index is 0.121. The molecular weight excluding hydrogens is 349 g/mol. The van der Waals surface area contributed by atoms with Gasteiger partial charge in [0.05, 0.1) is 5.25 Å². The quantitative estimate of drug-likeness (QED) is 0.785. The van der Waals surface area contributed by atoms with E-state index in [2.05, 4.69) is 19.2 Å². The number of sulfonamides is 1. The molecule has 0 radical (unpaired) electrons. The van der Waals surface area contributed by atoms with Crippen molar-refractivity contribution in [2.75, 3.05) is 26.2 Å². The molecule has 2 heterocycles. The molecule has 6 nitrogen and oxygen atoms in total. The van der Waals surface area contributed by atoms with Gasteiger partial charge in [0.1, 0.15) is 0 Å². The molecule has 2 rings (SSSR count). The Morgan fingerprint density at radius 2 is 1.83 bits per heavy atom. The normalized spacial score (nSPS) is 27.1. The summed E-state index contributed by atoms with van der Waals surface area (Å²) in [6, 6.07) is 0. The smallest absolute Gasteiger partial charge is 0.475 e. The maximum Gasteiger partial charge on any atom is 0.490 e. The maximum absolute atomic E-state index is 12.4. The number of nitrogens with zero attached hydrogens (tertiary/aromatic N) is 1. The van der Waals surface area contributed by atoms with E-state index in [1.165, 1.54) is 0 Å². The minimum atomic E-state index is -5.08. The number of fused-ring (bicyclic) bond motifs is 1. The largest absolute Gasteiger partial charge is 0.490 e. The van der Waals surface area contributed by atoms with Gasteiger partial charge in [0.2, 0.25) is 10.0 Å². The molecule has 2 N–H and O–H groups in total. The predicted octanol–water partition coefficient (Wildman–Crippen LogP) is 1.68. The van der Waals surface area contributed by atoms with Gasteiger partial charge in [0.25, 0.3) is 0 Å². The number of halogens is 3. The van der Waals surface area contributed by atoms with Crippen LogP contribution in [0.3, 0.4) is 0 Å². The highest BCUT2D eigenvalue weighted by atomic mass is 32.2. The zero-order chi connectivity index (χ0) is 18.5. The van der Waals surface area contributed by atoms with Crippen molar-refractivity contribution in [1.29, 1.82) is 0 Å². The number of hydrogen-bond donors (Lipinski definition) is 2. The van der Waals surface area contributed by atoms with Crippen molar-refractivity contribution in [2.45, 2.75) is 44.5 Å². The minimum Gasteiger partial charge on any atom is -0.475 e. The molecule has 0 amide bonds. The average molecular weight is 374 g/mol. The van der Waals surface area contributed by atoms with Crippen molar-refractivity contribution in [1.82, 2.24) is 9.62 Å². The fourth-order valence-corrected chi connectivity index (χ4v) is 5.12. The fourth-order valence-electron chi connectivity index (χ4n) is 2.86. The zero-order valence-corrected chi connectivity index (χ0v) is 14.7. The zero-order valence-electron chi connectivity index (χ0n) is 13.8. The third kappa shape index (κ3) is 5.89. The van der Waals surface area contributed by atoms with Gasteiger partial charge in [-0.1, -0.05) is 13.8 Å². The first kappa shape index (κ1) is 21.2. The summed E-state index contributed by atoms with van der Waals surface area (Å²) < 4.78 is 58.3. The van der Waals surface area contributed by atoms with Crippen LogP contribution in [-0.2, 0) is 14.8 Å². The Morgan fingerprint density at radius 3 is 2.33 bits per heavy atom. The van der Waals surface area contributed by atoms with Gasteiger partial charge in [0.15, 0.2) is 0 Å². The lowest BCUT2D eigenvalue weighted by Gasteiger charge is -2.17. The van der Waals surface area contributed by atoms with Gasteiger partial charge in [-0.3, -0.25) is 0 Å². The molecule has 142 valence electrons. The Balaban J connectivity index is 0.000000351. The number of carboxylic acids is 1. The summed E-state index contributed by atoms with van der Waals surface area (Å²) in [6.45, 7) is 7.56. The van der Waals surface area contributed by atoms with Gasteiger partial charge >= 0.3 is 12.1 Å². The van der Waals surface area contributed by atoms with Crippen LogP contribution in [0.25, 0.3) is 0 Å². The van der Waals surface area contributed by atoms with E-state index in [4.69, 9.17) is 9.90 Å². The summed E-state index contributed by atoms with van der Waals surface area (Å²) >= 11 is 0. The van der Waals surface area contributed by atoms with E-state index in [1.54, 1.807) is 4.31 Å². The van der Waals surface area contributed by atoms with Crippen molar-refractivity contribution in [3.05, 3.63) is 0 Å². The second kappa shape index (κ2) is 8.48. The van der Waals surface area contributed by atoms with Crippen LogP contribution >= 0.6 is 0 Å². The van der Waals surface area contributed by atoms with Crippen LogP contribution in [0.1, 0.15) is 33.1 Å². The van der Waals surface area contributed by atoms with Crippen molar-refractivity contribution in [2.24, 2.45) is 11.8 Å². The van der Waals surface area contributed by atoms with Crippen LogP contribution in [-0.4, -0.2) is 61.4 Å². The molecule has 0 aromatic carbocycles. The molecule has 0 bridgehead atoms. The molecule has 24 heavy (non-hydrogen) atoms. The lowest BCUT2D eigenvalue weighted by atomic mass is 10.0. The fraction of sp³-hybridized carbons (Fsp3) is 0.929. The van der Waals surface area contributed by atoms with Crippen LogP contribution in [0.4, 0.5) is 13.2 Å². The van der Waals surface area contributed by atoms with Gasteiger partial charge in [0, 0.05) is 13.1 Å². The number of carbonyl (C=O) groups is 1. The van der Waals surface area contributed by atoms with E-state index < -0.39 is 22.2 Å². The topological polar surface area (TPSA) is 86.7 Å². The Kier molecular flexibility index (Phi) is 7.48. The maximum atomic E-state index is 12.4. The van der Waals surface area contributed by atoms with Crippen molar-refractivity contribution in [3.63, 3.8) is 0 Å². The molecule has 2 aliphatic heterocycles. The van der Waals surface area contributed by atoms with E-state index in [1.807, 2.05) is 0 Å². The summed E-state index contributed by atoms with van der Waals surface area (Å²) in [6.07, 6.45) is -2.33. The lowest BCUT2D eigenvalue weighted by molar-refractivity contribution is -0.192. The molecule has 0 unspecified atom stereocenters. The first-order chi connectivity index (χ1) is 11.0. The number of hydrogen-bond acceptors (Lipinski definition) is 4. The van der Waals surface area contributed by atoms with Gasteiger partial charge in [-0.2, -0.15) is 13.2 Å². The van der Waals surface area contributed by atoms with E-state index in [0.29, 0.717) is 18.4 Å². The SMILES string of the molecule is CC(C)CCN1C[C@H]2CCNCC[C@H]2S1(=O)=O.O=C(O)C(F)(F)F. The van der Waals surface area contributed by atoms with Crippen LogP contribution in [0.15, 0.2) is 0 Å². The second-order valence-corrected chi connectivity index (χ2v) is 8.67. The first-order valence-electron chi connectivity index (χ1n) is 7.96. The van der Waals surface area contributed by atoms with E-state index in [9.17, 15) is 21.6 Å². The van der Waals surface area contributed by atoms with Crippen molar-refractivity contribution >= 4 is 16.0 Å². The number of aliphatic carboxylic acids is 1. The summed E-state index contributed by atoms with van der Waals surface area (Å²) in [5.41, 5.74) is 0. The van der Waals surface area contributed by atoms with Gasteiger partial charge in [-0.25, -0.2) is 17.5 Å². The highest BCUT2D eigenvalue weighted by molar-refractivity contribution is 7.90. The molecule has 10 heteroatoms. The molecule has 0 aromatic heterocycles. The van der Waals surface area contributed by atoms with Crippen molar-refractivity contribution < 1.29 is 31.5 Å². The molecule has 0 aliphatic carbocycles. The van der Waals surface area contributed by atoms with Crippen LogP contribution < -0.4 is 5.32 Å². The number of nitrogens with one attached hydrogen (secondary N) is 1. The molecule has 2 atom stereocenters. The highest BCUT2D eigenvalue weighted by Crippen LogP contribution is 2.33. The molecule has 0 aromatic rings. The monoisotopic (exact) mass is 374 g/mol. The van der Waals surface area contributed by atoms with E-state index in [0.717, 1.165) is 38.9 Å². The van der Waals surface area contributed by atoms with Crippen LogP contribution in [0, 0.1) is 11.8 Å². The Morgan fingerprint density at radius 1 is 1.29 bits per heavy atom. The predicted molar refractivity (Wildman–Crippen MR) is 83.0 cm³/mol. The van der Waals surface area contributed by atoms with Gasteiger partial charge < -0.3 is 10.4 Å². The summed E-state index contributed by atoms with van der Waals surface area (Å²) in [5.74, 6) is -1.84. The number of carboxylic acid groups (broad SMARTS) is 1. The number of rotatable bonds is 3. The first-order valence-corrected chi connectivity index (χ1v) is 9.46. The third-order valence-corrected chi connectivity index (χ3v) is 6.64. The van der Waals surface area contributed by atoms with Gasteiger partial charge in [-0.15, -0.1) is 0 Å². The summed E-state index contributed by atoms with van der Waals surface area (Å²) in [5, 5.41) is 10.3. The lowest BCUT2D eigenvalue weighted by Crippen LogP contribution is -2.32. The van der Waals surface area contributed by atoms with Crippen LogP contribution in [0.2, 0.25) is 0 Å². The van der Waals surface area contributed by atoms with E-state index in [-0.39, 0.29) is 5.25 Å². The Labute approximate surface area is 140 Å². The number of alkyl halides is 3. The van der Waals surface area contributed by atoms with E-state index >= 15 is 0 Å². The highest BCUT2D eigenvalue weighted by Gasteiger charge is 2.45. The molecule has 0 saturated carbocycles. The van der Waals surface area contributed by atoms with Gasteiger partial charge in [-0.05, 0) is 44.2 Å². The molecule has 2 fully saturated rings. The Bertz CT molecular complexity index is 523.